The lowest BCUT2D eigenvalue weighted by molar-refractivity contribution is 0.0965. The number of rotatable bonds is 4. The maximum absolute atomic E-state index is 12.8. The molecule has 2 aromatic heterocycles. The number of carbonyl (C=O) groups excluding carboxylic acids is 1. The predicted octanol–water partition coefficient (Wildman–Crippen LogP) is 2.59. The Morgan fingerprint density at radius 2 is 2.05 bits per heavy atom. The van der Waals surface area contributed by atoms with Crippen LogP contribution >= 0.6 is 11.3 Å². The third-order valence-corrected chi connectivity index (χ3v) is 3.66. The molecule has 5 nitrogen and oxygen atoms in total. The van der Waals surface area contributed by atoms with E-state index in [1.54, 1.807) is 6.07 Å². The van der Waals surface area contributed by atoms with Crippen molar-refractivity contribution in [2.24, 2.45) is 0 Å². The van der Waals surface area contributed by atoms with Gasteiger partial charge in [-0.05, 0) is 35.7 Å². The number of carbonyl (C=O) groups is 1. The fourth-order valence-corrected chi connectivity index (χ4v) is 2.41. The van der Waals surface area contributed by atoms with Gasteiger partial charge >= 0.3 is 5.76 Å². The number of nitrogens with zero attached hydrogens (tertiary/aromatic N) is 2. The van der Waals surface area contributed by atoms with Crippen molar-refractivity contribution in [3.8, 4) is 10.8 Å². The van der Waals surface area contributed by atoms with Crippen LogP contribution in [0.3, 0.4) is 0 Å². The maximum Gasteiger partial charge on any atom is 0.437 e. The normalized spacial score (nSPS) is 10.7. The number of ketones is 1. The van der Waals surface area contributed by atoms with Crippen molar-refractivity contribution in [1.82, 2.24) is 9.78 Å². The van der Waals surface area contributed by atoms with Crippen molar-refractivity contribution in [3.63, 3.8) is 0 Å². The number of aromatic nitrogens is 2. The number of halogens is 1. The van der Waals surface area contributed by atoms with Crippen LogP contribution < -0.4 is 5.76 Å². The largest absolute Gasteiger partial charge is 0.437 e. The van der Waals surface area contributed by atoms with Crippen LogP contribution in [0, 0.1) is 5.82 Å². The zero-order valence-electron chi connectivity index (χ0n) is 10.7. The molecule has 3 rings (SSSR count). The first-order valence-corrected chi connectivity index (χ1v) is 6.92. The van der Waals surface area contributed by atoms with Gasteiger partial charge in [0.05, 0.1) is 4.88 Å². The number of thiophene rings is 1. The van der Waals surface area contributed by atoms with Crippen molar-refractivity contribution in [3.05, 3.63) is 63.7 Å². The van der Waals surface area contributed by atoms with Gasteiger partial charge in [0.2, 0.25) is 0 Å². The average molecular weight is 304 g/mol. The molecule has 0 unspecified atom stereocenters. The van der Waals surface area contributed by atoms with E-state index in [2.05, 4.69) is 5.10 Å². The number of hydrogen-bond donors (Lipinski definition) is 0. The summed E-state index contributed by atoms with van der Waals surface area (Å²) in [6.45, 7) is -0.251. The van der Waals surface area contributed by atoms with E-state index in [0.29, 0.717) is 10.4 Å². The Kier molecular flexibility index (Phi) is 3.49. The Morgan fingerprint density at radius 1 is 1.29 bits per heavy atom. The van der Waals surface area contributed by atoms with Crippen LogP contribution in [0.5, 0.6) is 0 Å². The van der Waals surface area contributed by atoms with Crippen molar-refractivity contribution in [2.45, 2.75) is 6.54 Å². The van der Waals surface area contributed by atoms with Crippen LogP contribution in [0.4, 0.5) is 4.39 Å². The van der Waals surface area contributed by atoms with Crippen LogP contribution in [0.1, 0.15) is 10.4 Å². The van der Waals surface area contributed by atoms with Gasteiger partial charge in [0, 0.05) is 5.56 Å². The van der Waals surface area contributed by atoms with Crippen molar-refractivity contribution >= 4 is 17.1 Å². The van der Waals surface area contributed by atoms with Gasteiger partial charge in [-0.2, -0.15) is 4.68 Å². The molecular formula is C14H9FN2O3S. The summed E-state index contributed by atoms with van der Waals surface area (Å²) in [5.74, 6) is -1.29. The second-order valence-electron chi connectivity index (χ2n) is 4.24. The van der Waals surface area contributed by atoms with E-state index in [4.69, 9.17) is 4.42 Å². The summed E-state index contributed by atoms with van der Waals surface area (Å²) in [6.07, 6.45) is 0. The molecule has 0 atom stereocenters. The molecule has 0 fully saturated rings. The van der Waals surface area contributed by atoms with Gasteiger partial charge in [0.15, 0.2) is 5.78 Å². The van der Waals surface area contributed by atoms with Crippen molar-refractivity contribution < 1.29 is 13.6 Å². The van der Waals surface area contributed by atoms with Gasteiger partial charge in [-0.15, -0.1) is 16.4 Å². The van der Waals surface area contributed by atoms with E-state index >= 15 is 0 Å². The molecule has 0 N–H and O–H groups in total. The molecule has 1 aromatic carbocycles. The number of benzene rings is 1. The van der Waals surface area contributed by atoms with E-state index in [9.17, 15) is 14.0 Å². The highest BCUT2D eigenvalue weighted by Crippen LogP contribution is 2.21. The van der Waals surface area contributed by atoms with Gasteiger partial charge in [-0.25, -0.2) is 9.18 Å². The second kappa shape index (κ2) is 5.45. The quantitative estimate of drug-likeness (QED) is 0.695. The van der Waals surface area contributed by atoms with Crippen LogP contribution in [-0.2, 0) is 6.54 Å². The van der Waals surface area contributed by atoms with Crippen molar-refractivity contribution in [1.29, 1.82) is 0 Å². The minimum atomic E-state index is -0.700. The Labute approximate surface area is 122 Å². The molecule has 21 heavy (non-hydrogen) atoms. The topological polar surface area (TPSA) is 65.1 Å². The van der Waals surface area contributed by atoms with Crippen LogP contribution in [-0.4, -0.2) is 15.6 Å². The standard InChI is InChI=1S/C14H9FN2O3S/c15-10-5-3-9(4-6-10)11(18)8-17-14(19)20-13(16-17)12-2-1-7-21-12/h1-7H,8H2. The van der Waals surface area contributed by atoms with E-state index < -0.39 is 11.6 Å². The molecule has 0 amide bonds. The first-order chi connectivity index (χ1) is 10.1. The molecule has 2 heterocycles. The Hall–Kier alpha value is -2.54. The average Bonchev–Trinajstić information content (AvgIpc) is 3.10. The van der Waals surface area contributed by atoms with Gasteiger partial charge in [-0.3, -0.25) is 4.79 Å². The van der Waals surface area contributed by atoms with E-state index in [1.165, 1.54) is 35.6 Å². The zero-order valence-corrected chi connectivity index (χ0v) is 11.5. The van der Waals surface area contributed by atoms with Crippen LogP contribution in [0.15, 0.2) is 51.0 Å². The molecule has 0 radical (unpaired) electrons. The Balaban J connectivity index is 1.83. The summed E-state index contributed by atoms with van der Waals surface area (Å²) >= 11 is 1.38. The lowest BCUT2D eigenvalue weighted by Crippen LogP contribution is -2.21. The summed E-state index contributed by atoms with van der Waals surface area (Å²) in [5.41, 5.74) is 0.309. The molecule has 0 aliphatic heterocycles. The molecule has 7 heteroatoms. The third-order valence-electron chi connectivity index (χ3n) is 2.80. The SMILES string of the molecule is O=C(Cn1nc(-c2cccs2)oc1=O)c1ccc(F)cc1. The zero-order chi connectivity index (χ0) is 14.8. The molecule has 0 saturated heterocycles. The first-order valence-electron chi connectivity index (χ1n) is 6.04. The summed E-state index contributed by atoms with van der Waals surface area (Å²) < 4.78 is 18.8. The maximum atomic E-state index is 12.8. The van der Waals surface area contributed by atoms with E-state index in [-0.39, 0.29) is 18.2 Å². The van der Waals surface area contributed by atoms with Crippen LogP contribution in [0.2, 0.25) is 0 Å². The fraction of sp³-hybridized carbons (Fsp3) is 0.0714. The predicted molar refractivity (Wildman–Crippen MR) is 74.8 cm³/mol. The minimum Gasteiger partial charge on any atom is -0.387 e. The summed E-state index contributed by atoms with van der Waals surface area (Å²) in [4.78, 5) is 24.4. The van der Waals surface area contributed by atoms with Gasteiger partial charge in [0.25, 0.3) is 5.89 Å². The summed E-state index contributed by atoms with van der Waals surface area (Å²) in [5, 5.41) is 5.82. The van der Waals surface area contributed by atoms with Crippen LogP contribution in [0.25, 0.3) is 10.8 Å². The highest BCUT2D eigenvalue weighted by atomic mass is 32.1. The molecule has 0 aliphatic carbocycles. The lowest BCUT2D eigenvalue weighted by atomic mass is 10.1. The molecule has 0 aliphatic rings. The van der Waals surface area contributed by atoms with Gasteiger partial charge in [-0.1, -0.05) is 6.07 Å². The highest BCUT2D eigenvalue weighted by molar-refractivity contribution is 7.13. The number of hydrogen-bond acceptors (Lipinski definition) is 5. The smallest absolute Gasteiger partial charge is 0.387 e. The van der Waals surface area contributed by atoms with E-state index in [0.717, 1.165) is 4.68 Å². The molecule has 0 bridgehead atoms. The lowest BCUT2D eigenvalue weighted by Gasteiger charge is -1.99. The van der Waals surface area contributed by atoms with Crippen molar-refractivity contribution in [2.75, 3.05) is 0 Å². The number of Topliss-reactive ketones (excluding diaryl/α,β-unsaturated/α-hetero) is 1. The monoisotopic (exact) mass is 304 g/mol. The molecule has 3 aromatic rings. The molecule has 0 spiro atoms. The Morgan fingerprint density at radius 3 is 2.71 bits per heavy atom. The highest BCUT2D eigenvalue weighted by Gasteiger charge is 2.14. The molecular weight excluding hydrogens is 295 g/mol. The minimum absolute atomic E-state index is 0.182. The fourth-order valence-electron chi connectivity index (χ4n) is 1.77. The van der Waals surface area contributed by atoms with E-state index in [1.807, 2.05) is 11.4 Å². The molecule has 106 valence electrons. The first kappa shape index (κ1) is 13.4. The summed E-state index contributed by atoms with van der Waals surface area (Å²) in [7, 11) is 0. The second-order valence-corrected chi connectivity index (χ2v) is 5.19. The molecule has 0 saturated carbocycles. The van der Waals surface area contributed by atoms with Gasteiger partial charge < -0.3 is 4.42 Å². The summed E-state index contributed by atoms with van der Waals surface area (Å²) in [6, 6.07) is 8.68. The Bertz CT molecular complexity index is 819. The van der Waals surface area contributed by atoms with Gasteiger partial charge in [0.1, 0.15) is 12.4 Å². The third kappa shape index (κ3) is 2.82.